The Morgan fingerprint density at radius 3 is 2.57 bits per heavy atom. The number of carbonyl (C=O) groups excluding carboxylic acids is 2. The number of aliphatic imine (C=N–C) groups is 2. The summed E-state index contributed by atoms with van der Waals surface area (Å²) >= 11 is 0. The van der Waals surface area contributed by atoms with Gasteiger partial charge in [0, 0.05) is 6.20 Å². The van der Waals surface area contributed by atoms with Gasteiger partial charge in [-0.1, -0.05) is 6.58 Å². The number of fused-ring (bicyclic) bond motifs is 1. The molecule has 144 valence electrons. The third-order valence-corrected chi connectivity index (χ3v) is 3.57. The highest BCUT2D eigenvalue weighted by molar-refractivity contribution is 6.30. The van der Waals surface area contributed by atoms with Gasteiger partial charge in [0.2, 0.25) is 11.3 Å². The maximum absolute atomic E-state index is 14.3. The number of benzene rings is 1. The van der Waals surface area contributed by atoms with Crippen LogP contribution in [0.5, 0.6) is 0 Å². The highest BCUT2D eigenvalue weighted by Gasteiger charge is 2.26. The molecular weight excluding hydrogens is 383 g/mol. The fourth-order valence-electron chi connectivity index (χ4n) is 2.39. The number of carbonyl (C=O) groups is 2. The van der Waals surface area contributed by atoms with Crippen LogP contribution in [0.2, 0.25) is 0 Å². The summed E-state index contributed by atoms with van der Waals surface area (Å²) in [5.74, 6) is -6.83. The number of ether oxygens (including phenoxy) is 2. The van der Waals surface area contributed by atoms with E-state index in [-0.39, 0.29) is 18.3 Å². The zero-order valence-corrected chi connectivity index (χ0v) is 14.2. The number of aromatic nitrogens is 1. The lowest BCUT2D eigenvalue weighted by Crippen LogP contribution is -2.26. The van der Waals surface area contributed by atoms with Gasteiger partial charge in [-0.15, -0.1) is 0 Å². The Bertz CT molecular complexity index is 1170. The van der Waals surface area contributed by atoms with E-state index in [1.807, 2.05) is 0 Å². The van der Waals surface area contributed by atoms with Crippen LogP contribution >= 0.6 is 0 Å². The predicted molar refractivity (Wildman–Crippen MR) is 91.0 cm³/mol. The minimum atomic E-state index is -1.91. The summed E-state index contributed by atoms with van der Waals surface area (Å²) in [6.45, 7) is 4.76. The van der Waals surface area contributed by atoms with E-state index in [0.717, 1.165) is 6.21 Å². The molecule has 2 aromatic rings. The van der Waals surface area contributed by atoms with E-state index in [0.29, 0.717) is 16.8 Å². The molecule has 1 aromatic heterocycles. The first-order valence-electron chi connectivity index (χ1n) is 7.68. The Hall–Kier alpha value is -3.76. The van der Waals surface area contributed by atoms with E-state index in [4.69, 9.17) is 9.47 Å². The average Bonchev–Trinajstić information content (AvgIpc) is 3.05. The van der Waals surface area contributed by atoms with Crippen LogP contribution < -0.4 is 5.43 Å². The molecule has 1 aromatic carbocycles. The standard InChI is InChI=1S/C17H10F3N3O5/c1-3-27-16(25)9-6-23(17(26)28-11-5-21-7(2)22-11)14-8(15(9)24)4-10(18)12(19)13(14)20/h4-6H,2-3H2,1H3. The highest BCUT2D eigenvalue weighted by Crippen LogP contribution is 2.22. The smallest absolute Gasteiger partial charge is 0.425 e. The second-order valence-electron chi connectivity index (χ2n) is 5.34. The van der Waals surface area contributed by atoms with Gasteiger partial charge in [-0.2, -0.15) is 4.99 Å². The Kier molecular flexibility index (Phi) is 4.82. The van der Waals surface area contributed by atoms with Crippen LogP contribution in [0, 0.1) is 17.5 Å². The maximum atomic E-state index is 14.3. The molecule has 1 aliphatic heterocycles. The minimum absolute atomic E-state index is 0.0269. The third kappa shape index (κ3) is 3.17. The lowest BCUT2D eigenvalue weighted by molar-refractivity contribution is 0.0524. The Morgan fingerprint density at radius 1 is 1.25 bits per heavy atom. The van der Waals surface area contributed by atoms with Crippen LogP contribution in [0.1, 0.15) is 17.3 Å². The molecule has 0 atom stereocenters. The largest absolute Gasteiger partial charge is 0.462 e. The van der Waals surface area contributed by atoms with Gasteiger partial charge in [0.05, 0.1) is 18.2 Å². The summed E-state index contributed by atoms with van der Waals surface area (Å²) in [5, 5.41) is -0.759. The molecule has 28 heavy (non-hydrogen) atoms. The second-order valence-corrected chi connectivity index (χ2v) is 5.34. The molecule has 0 N–H and O–H groups in total. The van der Waals surface area contributed by atoms with Crippen molar-refractivity contribution in [3.8, 4) is 0 Å². The van der Waals surface area contributed by atoms with Crippen molar-refractivity contribution in [3.63, 3.8) is 0 Å². The van der Waals surface area contributed by atoms with Crippen molar-refractivity contribution < 1.29 is 32.2 Å². The molecule has 0 fully saturated rings. The molecular formula is C17H10F3N3O5. The monoisotopic (exact) mass is 393 g/mol. The SMILES string of the molecule is C=C1N=CC(OC(=O)n2cc(C(=O)OCC)c(=O)c3cc(F)c(F)c(F)c32)=N1. The summed E-state index contributed by atoms with van der Waals surface area (Å²) in [5.41, 5.74) is -2.78. The van der Waals surface area contributed by atoms with Crippen molar-refractivity contribution in [1.29, 1.82) is 0 Å². The fraction of sp³-hybridized carbons (Fsp3) is 0.118. The van der Waals surface area contributed by atoms with Crippen LogP contribution in [0.4, 0.5) is 18.0 Å². The Morgan fingerprint density at radius 2 is 1.96 bits per heavy atom. The van der Waals surface area contributed by atoms with Crippen LogP contribution in [0.3, 0.4) is 0 Å². The summed E-state index contributed by atoms with van der Waals surface area (Å²) in [6, 6.07) is 0.374. The number of halogens is 3. The predicted octanol–water partition coefficient (Wildman–Crippen LogP) is 2.53. The van der Waals surface area contributed by atoms with Crippen LogP contribution in [0.15, 0.2) is 39.4 Å². The molecule has 0 aliphatic carbocycles. The second kappa shape index (κ2) is 7.10. The Balaban J connectivity index is 2.27. The zero-order chi connectivity index (χ0) is 20.6. The molecule has 1 aliphatic rings. The number of hydrogen-bond acceptors (Lipinski definition) is 7. The van der Waals surface area contributed by atoms with Gasteiger partial charge in [0.15, 0.2) is 17.5 Å². The average molecular weight is 393 g/mol. The fourth-order valence-corrected chi connectivity index (χ4v) is 2.39. The molecule has 0 amide bonds. The summed E-state index contributed by atoms with van der Waals surface area (Å²) < 4.78 is 51.6. The molecule has 0 radical (unpaired) electrons. The Labute approximate surface area is 154 Å². The molecule has 0 bridgehead atoms. The molecule has 3 rings (SSSR count). The van der Waals surface area contributed by atoms with E-state index < -0.39 is 51.4 Å². The van der Waals surface area contributed by atoms with Crippen molar-refractivity contribution in [2.75, 3.05) is 6.61 Å². The number of rotatable bonds is 2. The molecule has 2 heterocycles. The number of esters is 1. The van der Waals surface area contributed by atoms with Crippen molar-refractivity contribution in [1.82, 2.24) is 4.57 Å². The van der Waals surface area contributed by atoms with Gasteiger partial charge in [-0.05, 0) is 13.0 Å². The summed E-state index contributed by atoms with van der Waals surface area (Å²) in [7, 11) is 0. The summed E-state index contributed by atoms with van der Waals surface area (Å²) in [4.78, 5) is 44.2. The van der Waals surface area contributed by atoms with Crippen LogP contribution in [-0.2, 0) is 9.47 Å². The maximum Gasteiger partial charge on any atom is 0.425 e. The first-order valence-corrected chi connectivity index (χ1v) is 7.68. The first-order chi connectivity index (χ1) is 13.2. The van der Waals surface area contributed by atoms with E-state index in [1.165, 1.54) is 6.92 Å². The number of pyridine rings is 1. The van der Waals surface area contributed by atoms with Crippen LogP contribution in [-0.4, -0.2) is 35.3 Å². The van der Waals surface area contributed by atoms with Gasteiger partial charge in [0.1, 0.15) is 16.9 Å². The third-order valence-electron chi connectivity index (χ3n) is 3.57. The van der Waals surface area contributed by atoms with Crippen molar-refractivity contribution in [2.24, 2.45) is 9.98 Å². The van der Waals surface area contributed by atoms with Gasteiger partial charge in [-0.25, -0.2) is 32.3 Å². The van der Waals surface area contributed by atoms with Crippen molar-refractivity contribution in [2.45, 2.75) is 6.92 Å². The molecule has 0 spiro atoms. The normalized spacial score (nSPS) is 13.0. The lowest BCUT2D eigenvalue weighted by Gasteiger charge is -2.12. The number of hydrogen-bond donors (Lipinski definition) is 0. The van der Waals surface area contributed by atoms with Gasteiger partial charge >= 0.3 is 12.1 Å². The van der Waals surface area contributed by atoms with E-state index in [2.05, 4.69) is 16.6 Å². The molecule has 0 saturated heterocycles. The van der Waals surface area contributed by atoms with Crippen molar-refractivity contribution >= 4 is 35.1 Å². The summed E-state index contributed by atoms with van der Waals surface area (Å²) in [6.07, 6.45) is 0.293. The van der Waals surface area contributed by atoms with Gasteiger partial charge < -0.3 is 9.47 Å². The van der Waals surface area contributed by atoms with Crippen molar-refractivity contribution in [3.05, 3.63) is 57.9 Å². The highest BCUT2D eigenvalue weighted by atomic mass is 19.2. The molecule has 0 unspecified atom stereocenters. The molecule has 11 heteroatoms. The van der Waals surface area contributed by atoms with Gasteiger partial charge in [-0.3, -0.25) is 4.79 Å². The van der Waals surface area contributed by atoms with E-state index >= 15 is 0 Å². The minimum Gasteiger partial charge on any atom is -0.462 e. The first kappa shape index (κ1) is 19.0. The molecule has 8 nitrogen and oxygen atoms in total. The molecule has 0 saturated carbocycles. The van der Waals surface area contributed by atoms with Gasteiger partial charge in [0.25, 0.3) is 0 Å². The zero-order valence-electron chi connectivity index (χ0n) is 14.2. The lowest BCUT2D eigenvalue weighted by atomic mass is 10.1. The van der Waals surface area contributed by atoms with E-state index in [1.54, 1.807) is 0 Å². The van der Waals surface area contributed by atoms with Crippen LogP contribution in [0.25, 0.3) is 10.9 Å². The number of nitrogens with zero attached hydrogens (tertiary/aromatic N) is 3. The topological polar surface area (TPSA) is 99.3 Å². The van der Waals surface area contributed by atoms with E-state index in [9.17, 15) is 27.6 Å². The quantitative estimate of drug-likeness (QED) is 0.577.